The van der Waals surface area contributed by atoms with Crippen molar-refractivity contribution < 1.29 is 0 Å². The van der Waals surface area contributed by atoms with Crippen LogP contribution >= 0.6 is 46.4 Å². The molecule has 0 aliphatic carbocycles. The first kappa shape index (κ1) is 32.5. The van der Waals surface area contributed by atoms with Crippen molar-refractivity contribution in [2.24, 2.45) is 20.0 Å². The molecular weight excluding hydrogens is 726 g/mol. The van der Waals surface area contributed by atoms with Gasteiger partial charge in [-0.25, -0.2) is 20.0 Å². The maximum absolute atomic E-state index is 6.90. The van der Waals surface area contributed by atoms with Gasteiger partial charge in [0.25, 0.3) is 0 Å². The molecule has 0 spiro atoms. The van der Waals surface area contributed by atoms with Crippen molar-refractivity contribution in [3.8, 4) is 0 Å². The molecule has 5 aliphatic rings. The zero-order valence-corrected chi connectivity index (χ0v) is 30.2. The highest BCUT2D eigenvalue weighted by molar-refractivity contribution is 6.44. The summed E-state index contributed by atoms with van der Waals surface area (Å²) in [5.74, 6) is 0. The van der Waals surface area contributed by atoms with Crippen LogP contribution in [-0.4, -0.2) is 22.8 Å². The van der Waals surface area contributed by atoms with E-state index >= 15 is 0 Å². The number of allylic oxidation sites excluding steroid dienone is 12. The Morgan fingerprint density at radius 1 is 0.269 bits per heavy atom. The van der Waals surface area contributed by atoms with Crippen LogP contribution in [0.2, 0.25) is 20.1 Å². The van der Waals surface area contributed by atoms with Gasteiger partial charge in [-0.05, 0) is 72.9 Å². The molecule has 0 saturated heterocycles. The Morgan fingerprint density at radius 2 is 0.481 bits per heavy atom. The number of hydrogen-bond acceptors (Lipinski definition) is 4. The molecule has 8 bridgehead atoms. The minimum atomic E-state index is 0.582. The Labute approximate surface area is 320 Å². The summed E-state index contributed by atoms with van der Waals surface area (Å²) in [7, 11) is 0. The van der Waals surface area contributed by atoms with Crippen LogP contribution in [0.4, 0.5) is 0 Å². The van der Waals surface area contributed by atoms with E-state index in [1.54, 1.807) is 0 Å². The van der Waals surface area contributed by atoms with E-state index in [2.05, 4.69) is 0 Å². The van der Waals surface area contributed by atoms with Gasteiger partial charge in [-0.1, -0.05) is 119 Å². The number of benzene rings is 4. The molecule has 4 aromatic rings. The lowest BCUT2D eigenvalue weighted by Crippen LogP contribution is -2.04. The fraction of sp³-hybridized carbons (Fsp3) is 0. The molecule has 0 N–H and O–H groups in total. The molecule has 5 aliphatic heterocycles. The first-order valence-electron chi connectivity index (χ1n) is 16.5. The number of halogens is 4. The Balaban J connectivity index is 1.40. The summed E-state index contributed by atoms with van der Waals surface area (Å²) in [5.41, 5.74) is 12.0. The molecule has 0 fully saturated rings. The molecule has 0 unspecified atom stereocenters. The first-order chi connectivity index (χ1) is 25.4. The van der Waals surface area contributed by atoms with Gasteiger partial charge in [-0.3, -0.25) is 0 Å². The Hall–Kier alpha value is -5.36. The average molecular weight is 751 g/mol. The van der Waals surface area contributed by atoms with Crippen LogP contribution in [0.3, 0.4) is 0 Å². The van der Waals surface area contributed by atoms with Gasteiger partial charge >= 0.3 is 0 Å². The van der Waals surface area contributed by atoms with Crippen LogP contribution in [0.15, 0.2) is 188 Å². The maximum Gasteiger partial charge on any atom is 0.0738 e. The summed E-state index contributed by atoms with van der Waals surface area (Å²) >= 11 is 27.6. The van der Waals surface area contributed by atoms with E-state index in [4.69, 9.17) is 66.4 Å². The summed E-state index contributed by atoms with van der Waals surface area (Å²) < 4.78 is 0. The molecule has 0 aromatic heterocycles. The van der Waals surface area contributed by atoms with Gasteiger partial charge in [0.1, 0.15) is 0 Å². The monoisotopic (exact) mass is 748 g/mol. The molecule has 0 amide bonds. The summed E-state index contributed by atoms with van der Waals surface area (Å²) in [6, 6.07) is 30.9. The van der Waals surface area contributed by atoms with E-state index < -0.39 is 0 Å². The number of fused-ring (bicyclic) bond motifs is 4. The van der Waals surface area contributed by atoms with E-state index in [9.17, 15) is 0 Å². The summed E-state index contributed by atoms with van der Waals surface area (Å²) in [4.78, 5) is 21.0. The van der Waals surface area contributed by atoms with E-state index in [-0.39, 0.29) is 0 Å². The molecule has 52 heavy (non-hydrogen) atoms. The van der Waals surface area contributed by atoms with Crippen LogP contribution in [0, 0.1) is 0 Å². The molecule has 0 atom stereocenters. The second-order valence-electron chi connectivity index (χ2n) is 12.3. The fourth-order valence-corrected chi connectivity index (χ4v) is 7.77. The average Bonchev–Trinajstić information content (AvgIpc) is 3.99. The van der Waals surface area contributed by atoms with Crippen molar-refractivity contribution in [1.29, 1.82) is 0 Å². The van der Waals surface area contributed by atoms with Gasteiger partial charge in [0.2, 0.25) is 0 Å². The highest BCUT2D eigenvalue weighted by atomic mass is 35.5. The topological polar surface area (TPSA) is 49.4 Å². The van der Waals surface area contributed by atoms with Crippen LogP contribution in [0.25, 0.3) is 22.3 Å². The summed E-state index contributed by atoms with van der Waals surface area (Å²) in [5, 5.41) is 2.33. The number of hydrogen-bond donors (Lipinski definition) is 0. The predicted octanol–water partition coefficient (Wildman–Crippen LogP) is 12.3. The zero-order valence-electron chi connectivity index (χ0n) is 27.2. The first-order valence-corrected chi connectivity index (χ1v) is 18.0. The van der Waals surface area contributed by atoms with Crippen molar-refractivity contribution in [2.45, 2.75) is 0 Å². The molecule has 9 rings (SSSR count). The fourth-order valence-electron chi connectivity index (χ4n) is 6.85. The lowest BCUT2D eigenvalue weighted by molar-refractivity contribution is 1.41. The van der Waals surface area contributed by atoms with Gasteiger partial charge in [0.15, 0.2) is 0 Å². The third-order valence-corrected chi connectivity index (χ3v) is 10.5. The second-order valence-corrected chi connectivity index (χ2v) is 13.9. The van der Waals surface area contributed by atoms with Crippen molar-refractivity contribution in [2.75, 3.05) is 0 Å². The van der Waals surface area contributed by atoms with Crippen molar-refractivity contribution in [1.82, 2.24) is 0 Å². The maximum atomic E-state index is 6.90. The highest BCUT2D eigenvalue weighted by Gasteiger charge is 2.29. The molecule has 4 aromatic carbocycles. The lowest BCUT2D eigenvalue weighted by Gasteiger charge is -2.14. The minimum Gasteiger partial charge on any atom is -0.248 e. The van der Waals surface area contributed by atoms with Gasteiger partial charge in [0, 0.05) is 64.6 Å². The van der Waals surface area contributed by atoms with Crippen molar-refractivity contribution in [3.63, 3.8) is 0 Å². The predicted molar refractivity (Wildman–Crippen MR) is 220 cm³/mol. The molecule has 0 saturated carbocycles. The van der Waals surface area contributed by atoms with Crippen molar-refractivity contribution >= 4 is 91.5 Å². The Kier molecular flexibility index (Phi) is 8.33. The molecular formula is C44H24Cl4N4. The van der Waals surface area contributed by atoms with E-state index in [1.807, 2.05) is 146 Å². The van der Waals surface area contributed by atoms with Crippen LogP contribution < -0.4 is 0 Å². The lowest BCUT2D eigenvalue weighted by atomic mass is 9.98. The Morgan fingerprint density at radius 3 is 0.692 bits per heavy atom. The van der Waals surface area contributed by atoms with Crippen LogP contribution in [0.5, 0.6) is 0 Å². The number of rotatable bonds is 4. The zero-order chi connectivity index (χ0) is 35.3. The van der Waals surface area contributed by atoms with Gasteiger partial charge < -0.3 is 0 Å². The number of nitrogens with zero attached hydrogens (tertiary/aromatic N) is 4. The third-order valence-electron chi connectivity index (χ3n) is 9.18. The van der Waals surface area contributed by atoms with E-state index in [0.29, 0.717) is 65.7 Å². The number of aliphatic imine (C=N–C) groups is 4. The van der Waals surface area contributed by atoms with Crippen LogP contribution in [-0.2, 0) is 0 Å². The SMILES string of the molecule is Clc1ccccc1C1=C2C=CC(=N2)C(c2ccccc2Cl)=C2C=CC(=N2)C(c2ccccc2Cl)=C2C=CC(=N2)C(c2ccccc2Cl)=C2C=CC1=N2. The quantitative estimate of drug-likeness (QED) is 0.199. The summed E-state index contributed by atoms with van der Waals surface area (Å²) in [6.45, 7) is 0. The van der Waals surface area contributed by atoms with Gasteiger partial charge in [-0.15, -0.1) is 0 Å². The van der Waals surface area contributed by atoms with Gasteiger partial charge in [0.05, 0.1) is 45.6 Å². The molecule has 8 heteroatoms. The molecule has 5 heterocycles. The van der Waals surface area contributed by atoms with Crippen LogP contribution in [0.1, 0.15) is 22.3 Å². The van der Waals surface area contributed by atoms with E-state index in [0.717, 1.165) is 44.5 Å². The largest absolute Gasteiger partial charge is 0.248 e. The van der Waals surface area contributed by atoms with E-state index in [1.165, 1.54) is 0 Å². The standard InChI is InChI=1S/C44H24Cl4N4/c45-29-13-5-1-9-25(29)41-33-17-19-35(49-33)42(26-10-2-6-14-30(26)46)37-21-23-39(51-37)44(28-12-4-8-16-32(28)48)40-24-22-38(52-40)43(36-20-18-34(41)50-36)27-11-3-7-15-31(27)47/h1-24H. The molecule has 4 nitrogen and oxygen atoms in total. The Bertz CT molecular complexity index is 2290. The molecule has 248 valence electrons. The summed E-state index contributed by atoms with van der Waals surface area (Å²) in [6.07, 6.45) is 15.9. The second kappa shape index (κ2) is 13.3. The van der Waals surface area contributed by atoms with Crippen molar-refractivity contribution in [3.05, 3.63) is 211 Å². The van der Waals surface area contributed by atoms with Gasteiger partial charge in [-0.2, -0.15) is 0 Å². The smallest absolute Gasteiger partial charge is 0.0738 e. The minimum absolute atomic E-state index is 0.582. The normalized spacial score (nSPS) is 17.5. The third kappa shape index (κ3) is 5.65. The highest BCUT2D eigenvalue weighted by Crippen LogP contribution is 2.41. The molecule has 0 radical (unpaired) electrons.